The molecule has 0 atom stereocenters. The van der Waals surface area contributed by atoms with Crippen molar-refractivity contribution in [2.75, 3.05) is 11.1 Å². The van der Waals surface area contributed by atoms with Gasteiger partial charge in [-0.3, -0.25) is 4.79 Å². The first-order valence-electron chi connectivity index (χ1n) is 9.17. The molecule has 5 nitrogen and oxygen atoms in total. The summed E-state index contributed by atoms with van der Waals surface area (Å²) in [6.45, 7) is 6.97. The number of aromatic nitrogens is 3. The average molecular weight is 415 g/mol. The molecule has 1 amide bonds. The Balaban J connectivity index is 1.70. The van der Waals surface area contributed by atoms with Crippen molar-refractivity contribution in [1.82, 2.24) is 14.8 Å². The van der Waals surface area contributed by atoms with E-state index in [0.717, 1.165) is 40.8 Å². The molecule has 0 unspecified atom stereocenters. The van der Waals surface area contributed by atoms with Gasteiger partial charge in [0.05, 0.1) is 5.75 Å². The second-order valence-electron chi connectivity index (χ2n) is 6.60. The Kier molecular flexibility index (Phi) is 6.75. The largest absolute Gasteiger partial charge is 0.325 e. The van der Waals surface area contributed by atoms with Gasteiger partial charge in [-0.05, 0) is 67.8 Å². The molecular weight excluding hydrogens is 392 g/mol. The van der Waals surface area contributed by atoms with Gasteiger partial charge in [0.15, 0.2) is 11.0 Å². The van der Waals surface area contributed by atoms with E-state index in [1.807, 2.05) is 49.4 Å². The minimum Gasteiger partial charge on any atom is -0.325 e. The second-order valence-corrected chi connectivity index (χ2v) is 7.98. The number of rotatable bonds is 7. The molecule has 1 aromatic heterocycles. The van der Waals surface area contributed by atoms with Gasteiger partial charge < -0.3 is 9.88 Å². The molecule has 1 N–H and O–H groups in total. The van der Waals surface area contributed by atoms with Crippen LogP contribution in [0.2, 0.25) is 5.02 Å². The lowest BCUT2D eigenvalue weighted by Crippen LogP contribution is -2.15. The van der Waals surface area contributed by atoms with E-state index in [-0.39, 0.29) is 11.7 Å². The summed E-state index contributed by atoms with van der Waals surface area (Å²) in [5.41, 5.74) is 4.12. The quantitative estimate of drug-likeness (QED) is 0.529. The highest BCUT2D eigenvalue weighted by Gasteiger charge is 2.15. The maximum absolute atomic E-state index is 12.4. The highest BCUT2D eigenvalue weighted by molar-refractivity contribution is 7.99. The van der Waals surface area contributed by atoms with E-state index in [1.165, 1.54) is 17.3 Å². The number of amides is 1. The SMILES string of the molecule is CCCn1c(SCC(=O)Nc2ccc(C)c(C)c2)nnc1-c1ccc(Cl)cc1. The van der Waals surface area contributed by atoms with Crippen molar-refractivity contribution in [2.45, 2.75) is 38.9 Å². The van der Waals surface area contributed by atoms with Gasteiger partial charge in [0, 0.05) is 22.8 Å². The van der Waals surface area contributed by atoms with E-state index >= 15 is 0 Å². The minimum atomic E-state index is -0.0626. The molecule has 0 spiro atoms. The lowest BCUT2D eigenvalue weighted by atomic mass is 10.1. The van der Waals surface area contributed by atoms with Crippen molar-refractivity contribution in [1.29, 1.82) is 0 Å². The zero-order valence-electron chi connectivity index (χ0n) is 16.2. The Labute approximate surface area is 174 Å². The van der Waals surface area contributed by atoms with Gasteiger partial charge in [-0.25, -0.2) is 0 Å². The summed E-state index contributed by atoms with van der Waals surface area (Å²) in [6, 6.07) is 13.4. The molecule has 0 radical (unpaired) electrons. The van der Waals surface area contributed by atoms with Gasteiger partial charge in [0.25, 0.3) is 0 Å². The summed E-state index contributed by atoms with van der Waals surface area (Å²) < 4.78 is 2.05. The maximum Gasteiger partial charge on any atom is 0.234 e. The fraction of sp³-hybridized carbons (Fsp3) is 0.286. The predicted octanol–water partition coefficient (Wildman–Crippen LogP) is 5.36. The molecule has 0 aliphatic rings. The summed E-state index contributed by atoms with van der Waals surface area (Å²) in [4.78, 5) is 12.4. The summed E-state index contributed by atoms with van der Waals surface area (Å²) >= 11 is 7.37. The number of thioether (sulfide) groups is 1. The molecule has 3 rings (SSSR count). The van der Waals surface area contributed by atoms with Gasteiger partial charge in [0.2, 0.25) is 5.91 Å². The molecule has 146 valence electrons. The monoisotopic (exact) mass is 414 g/mol. The van der Waals surface area contributed by atoms with Gasteiger partial charge in [-0.2, -0.15) is 0 Å². The summed E-state index contributed by atoms with van der Waals surface area (Å²) in [5.74, 6) is 0.998. The smallest absolute Gasteiger partial charge is 0.234 e. The predicted molar refractivity (Wildman–Crippen MR) is 116 cm³/mol. The van der Waals surface area contributed by atoms with Crippen LogP contribution in [0.4, 0.5) is 5.69 Å². The van der Waals surface area contributed by atoms with Gasteiger partial charge in [0.1, 0.15) is 0 Å². The number of nitrogens with zero attached hydrogens (tertiary/aromatic N) is 3. The lowest BCUT2D eigenvalue weighted by Gasteiger charge is -2.10. The minimum absolute atomic E-state index is 0.0626. The molecule has 0 aliphatic carbocycles. The molecule has 0 fully saturated rings. The highest BCUT2D eigenvalue weighted by atomic mass is 35.5. The zero-order valence-corrected chi connectivity index (χ0v) is 17.8. The van der Waals surface area contributed by atoms with Crippen LogP contribution >= 0.6 is 23.4 Å². The van der Waals surface area contributed by atoms with E-state index in [1.54, 1.807) is 0 Å². The van der Waals surface area contributed by atoms with E-state index < -0.39 is 0 Å². The van der Waals surface area contributed by atoms with E-state index in [9.17, 15) is 4.79 Å². The zero-order chi connectivity index (χ0) is 20.1. The Morgan fingerprint density at radius 1 is 1.11 bits per heavy atom. The number of nitrogens with one attached hydrogen (secondary N) is 1. The third kappa shape index (κ3) is 4.94. The Hall–Kier alpha value is -2.31. The van der Waals surface area contributed by atoms with Crippen LogP contribution in [0.3, 0.4) is 0 Å². The molecular formula is C21H23ClN4OS. The van der Waals surface area contributed by atoms with Crippen molar-refractivity contribution in [3.63, 3.8) is 0 Å². The van der Waals surface area contributed by atoms with Crippen LogP contribution in [0.5, 0.6) is 0 Å². The maximum atomic E-state index is 12.4. The molecule has 2 aromatic carbocycles. The lowest BCUT2D eigenvalue weighted by molar-refractivity contribution is -0.113. The van der Waals surface area contributed by atoms with Crippen molar-refractivity contribution in [3.8, 4) is 11.4 Å². The van der Waals surface area contributed by atoms with Crippen LogP contribution < -0.4 is 5.32 Å². The number of hydrogen-bond acceptors (Lipinski definition) is 4. The van der Waals surface area contributed by atoms with E-state index in [4.69, 9.17) is 11.6 Å². The van der Waals surface area contributed by atoms with Crippen LogP contribution in [0.15, 0.2) is 47.6 Å². The number of anilines is 1. The molecule has 1 heterocycles. The first kappa shape index (κ1) is 20.4. The van der Waals surface area contributed by atoms with Gasteiger partial charge in [-0.1, -0.05) is 36.4 Å². The Bertz CT molecular complexity index is 969. The summed E-state index contributed by atoms with van der Waals surface area (Å²) in [6.07, 6.45) is 0.945. The van der Waals surface area contributed by atoms with Crippen molar-refractivity contribution in [2.24, 2.45) is 0 Å². The van der Waals surface area contributed by atoms with Crippen molar-refractivity contribution in [3.05, 3.63) is 58.6 Å². The Morgan fingerprint density at radius 3 is 2.54 bits per heavy atom. The fourth-order valence-electron chi connectivity index (χ4n) is 2.78. The van der Waals surface area contributed by atoms with E-state index in [2.05, 4.69) is 33.9 Å². The highest BCUT2D eigenvalue weighted by Crippen LogP contribution is 2.25. The van der Waals surface area contributed by atoms with Crippen LogP contribution in [-0.4, -0.2) is 26.4 Å². The molecule has 0 saturated heterocycles. The molecule has 28 heavy (non-hydrogen) atoms. The van der Waals surface area contributed by atoms with E-state index in [0.29, 0.717) is 5.02 Å². The summed E-state index contributed by atoms with van der Waals surface area (Å²) in [7, 11) is 0. The van der Waals surface area contributed by atoms with Gasteiger partial charge in [-0.15, -0.1) is 10.2 Å². The number of hydrogen-bond donors (Lipinski definition) is 1. The fourth-order valence-corrected chi connectivity index (χ4v) is 3.67. The third-order valence-corrected chi connectivity index (χ3v) is 5.61. The topological polar surface area (TPSA) is 59.8 Å². The second kappa shape index (κ2) is 9.26. The van der Waals surface area contributed by atoms with Crippen molar-refractivity contribution < 1.29 is 4.79 Å². The number of halogens is 1. The normalized spacial score (nSPS) is 10.9. The molecule has 0 aliphatic heterocycles. The average Bonchev–Trinajstić information content (AvgIpc) is 3.07. The number of carbonyl (C=O) groups is 1. The van der Waals surface area contributed by atoms with Gasteiger partial charge >= 0.3 is 0 Å². The van der Waals surface area contributed by atoms with Crippen LogP contribution in [0, 0.1) is 13.8 Å². The molecule has 0 saturated carbocycles. The van der Waals surface area contributed by atoms with Crippen LogP contribution in [-0.2, 0) is 11.3 Å². The molecule has 0 bridgehead atoms. The number of benzene rings is 2. The first-order chi connectivity index (χ1) is 13.5. The van der Waals surface area contributed by atoms with Crippen LogP contribution in [0.1, 0.15) is 24.5 Å². The Morgan fingerprint density at radius 2 is 1.86 bits per heavy atom. The molecule has 7 heteroatoms. The third-order valence-electron chi connectivity index (χ3n) is 4.39. The summed E-state index contributed by atoms with van der Waals surface area (Å²) in [5, 5.41) is 13.0. The standard InChI is InChI=1S/C21H23ClN4OS/c1-4-11-26-20(16-6-8-17(22)9-7-16)24-25-21(26)28-13-19(27)23-18-10-5-14(2)15(3)12-18/h5-10,12H,4,11,13H2,1-3H3,(H,23,27). The van der Waals surface area contributed by atoms with Crippen LogP contribution in [0.25, 0.3) is 11.4 Å². The van der Waals surface area contributed by atoms with Crippen molar-refractivity contribution >= 4 is 35.0 Å². The number of carbonyl (C=O) groups excluding carboxylic acids is 1. The number of aryl methyl sites for hydroxylation is 2. The first-order valence-corrected chi connectivity index (χ1v) is 10.5. The molecule has 3 aromatic rings.